The van der Waals surface area contributed by atoms with Crippen molar-refractivity contribution in [2.45, 2.75) is 68.7 Å². The number of allylic oxidation sites excluding steroid dienone is 4. The monoisotopic (exact) mass is 518 g/mol. The summed E-state index contributed by atoms with van der Waals surface area (Å²) in [5.41, 5.74) is -2.00. The van der Waals surface area contributed by atoms with Gasteiger partial charge in [-0.15, -0.1) is 23.2 Å². The average Bonchev–Trinajstić information content (AvgIpc) is 3.03. The van der Waals surface area contributed by atoms with Crippen molar-refractivity contribution >= 4 is 52.7 Å². The number of ether oxygens (including phenoxy) is 3. The highest BCUT2D eigenvalue weighted by Crippen LogP contribution is 2.72. The fourth-order valence-corrected chi connectivity index (χ4v) is 8.46. The summed E-state index contributed by atoms with van der Waals surface area (Å²) in [6.07, 6.45) is 6.83. The van der Waals surface area contributed by atoms with E-state index < -0.39 is 38.8 Å². The van der Waals surface area contributed by atoms with Crippen molar-refractivity contribution in [3.8, 4) is 0 Å². The van der Waals surface area contributed by atoms with Crippen molar-refractivity contribution < 1.29 is 28.6 Å². The summed E-state index contributed by atoms with van der Waals surface area (Å²) in [6, 6.07) is -0.355. The molecule has 3 saturated carbocycles. The van der Waals surface area contributed by atoms with E-state index in [4.69, 9.17) is 49.0 Å². The molecule has 0 saturated heterocycles. The first kappa shape index (κ1) is 24.9. The van der Waals surface area contributed by atoms with Crippen molar-refractivity contribution in [1.82, 2.24) is 0 Å². The molecule has 0 aromatic rings. The van der Waals surface area contributed by atoms with Crippen LogP contribution in [0.15, 0.2) is 23.8 Å². The molecule has 0 radical (unpaired) electrons. The summed E-state index contributed by atoms with van der Waals surface area (Å²) < 4.78 is 16.0. The van der Waals surface area contributed by atoms with E-state index in [1.807, 2.05) is 19.9 Å². The molecule has 4 rings (SSSR count). The van der Waals surface area contributed by atoms with Gasteiger partial charge in [-0.3, -0.25) is 4.79 Å². The molecular formula is C24H29Cl3O6. The van der Waals surface area contributed by atoms with Crippen LogP contribution in [0.3, 0.4) is 0 Å². The largest absolute Gasteiger partial charge is 0.509 e. The molecular weight excluding hydrogens is 491 g/mol. The third-order valence-corrected chi connectivity index (χ3v) is 10.4. The Morgan fingerprint density at radius 2 is 1.91 bits per heavy atom. The Morgan fingerprint density at radius 3 is 2.58 bits per heavy atom. The number of carbonyl (C=O) groups excluding carboxylic acids is 3. The number of carbonyl (C=O) groups is 3. The predicted molar refractivity (Wildman–Crippen MR) is 124 cm³/mol. The van der Waals surface area contributed by atoms with Gasteiger partial charge in [0.05, 0.1) is 16.9 Å². The minimum Gasteiger partial charge on any atom is -0.446 e. The molecule has 0 bridgehead atoms. The first-order valence-corrected chi connectivity index (χ1v) is 12.7. The topological polar surface area (TPSA) is 78.9 Å². The van der Waals surface area contributed by atoms with Gasteiger partial charge in [-0.1, -0.05) is 37.1 Å². The Morgan fingerprint density at radius 1 is 1.18 bits per heavy atom. The molecule has 4 aliphatic rings. The van der Waals surface area contributed by atoms with Crippen LogP contribution in [0.25, 0.3) is 0 Å². The Bertz CT molecular complexity index is 933. The second-order valence-electron chi connectivity index (χ2n) is 9.91. The molecule has 33 heavy (non-hydrogen) atoms. The van der Waals surface area contributed by atoms with Crippen LogP contribution >= 0.6 is 34.8 Å². The summed E-state index contributed by atoms with van der Waals surface area (Å²) in [7, 11) is 0. The lowest BCUT2D eigenvalue weighted by molar-refractivity contribution is -0.188. The first-order valence-electron chi connectivity index (χ1n) is 11.4. The number of ketones is 1. The van der Waals surface area contributed by atoms with Crippen LogP contribution in [0.4, 0.5) is 4.79 Å². The second-order valence-corrected chi connectivity index (χ2v) is 11.3. The average molecular weight is 520 g/mol. The number of rotatable bonds is 4. The predicted octanol–water partition coefficient (Wildman–Crippen LogP) is 5.52. The number of fused-ring (bicyclic) bond motifs is 5. The van der Waals surface area contributed by atoms with Crippen molar-refractivity contribution in [2.24, 2.45) is 22.7 Å². The zero-order valence-electron chi connectivity index (χ0n) is 19.0. The summed E-state index contributed by atoms with van der Waals surface area (Å²) >= 11 is 20.3. The van der Waals surface area contributed by atoms with Gasteiger partial charge in [-0.25, -0.2) is 9.59 Å². The highest BCUT2D eigenvalue weighted by atomic mass is 35.5. The number of hydrogen-bond donors (Lipinski definition) is 0. The van der Waals surface area contributed by atoms with Crippen molar-refractivity contribution in [1.29, 1.82) is 0 Å². The van der Waals surface area contributed by atoms with E-state index in [9.17, 15) is 14.4 Å². The van der Waals surface area contributed by atoms with Crippen LogP contribution < -0.4 is 0 Å². The van der Waals surface area contributed by atoms with Crippen molar-refractivity contribution in [3.05, 3.63) is 23.8 Å². The zero-order chi connectivity index (χ0) is 24.2. The van der Waals surface area contributed by atoms with E-state index in [0.717, 1.165) is 12.0 Å². The fourth-order valence-electron chi connectivity index (χ4n) is 7.13. The number of alkyl halides is 3. The smallest absolute Gasteiger partial charge is 0.446 e. The Labute approximate surface area is 208 Å². The molecule has 0 aliphatic heterocycles. The standard InChI is InChI=1S/C24H29Cl3O6/c1-4-31-20(30)33-23(19(29)32-13-25)10-8-16-17-6-5-14-11-15(28)7-9-21(14,2)24(17,27)18(26)12-22(16,23)3/h7,9,11,16-18H,4-6,8,10,12-13H2,1-3H3/t16-,17-,18?,21-,22-,23-,24?/m0/s1. The highest BCUT2D eigenvalue weighted by Gasteiger charge is 2.75. The van der Waals surface area contributed by atoms with Crippen LogP contribution in [0.2, 0.25) is 0 Å². The minimum absolute atomic E-state index is 0.0421. The lowest BCUT2D eigenvalue weighted by atomic mass is 9.46. The van der Waals surface area contributed by atoms with Gasteiger partial charge in [0.15, 0.2) is 11.8 Å². The molecule has 9 heteroatoms. The van der Waals surface area contributed by atoms with Crippen LogP contribution in [-0.2, 0) is 23.8 Å². The van der Waals surface area contributed by atoms with Crippen LogP contribution in [0, 0.1) is 22.7 Å². The molecule has 0 aromatic carbocycles. The van der Waals surface area contributed by atoms with E-state index in [2.05, 4.69) is 0 Å². The normalized spacial score (nSPS) is 43.6. The Hall–Kier alpha value is -1.24. The van der Waals surface area contributed by atoms with Gasteiger partial charge in [-0.05, 0) is 63.0 Å². The van der Waals surface area contributed by atoms with Crippen molar-refractivity contribution in [3.63, 3.8) is 0 Å². The summed E-state index contributed by atoms with van der Waals surface area (Å²) in [4.78, 5) is 36.9. The van der Waals surface area contributed by atoms with E-state index in [1.165, 1.54) is 0 Å². The van der Waals surface area contributed by atoms with Gasteiger partial charge in [0, 0.05) is 10.8 Å². The SMILES string of the molecule is CCOC(=O)O[C@]1(C(=O)OCCl)CC[C@H]2[C@@H]3CCC4=CC(=O)C=C[C@]4(C)C3(Cl)C(Cl)C[C@@]21C. The van der Waals surface area contributed by atoms with Gasteiger partial charge in [0.25, 0.3) is 0 Å². The van der Waals surface area contributed by atoms with E-state index in [0.29, 0.717) is 19.3 Å². The molecule has 182 valence electrons. The van der Waals surface area contributed by atoms with Crippen LogP contribution in [-0.4, -0.2) is 46.4 Å². The Balaban J connectivity index is 1.78. The quantitative estimate of drug-likeness (QED) is 0.359. The molecule has 3 fully saturated rings. The van der Waals surface area contributed by atoms with Gasteiger partial charge < -0.3 is 14.2 Å². The maximum atomic E-state index is 13.3. The van der Waals surface area contributed by atoms with Gasteiger partial charge >= 0.3 is 12.1 Å². The zero-order valence-corrected chi connectivity index (χ0v) is 21.3. The third kappa shape index (κ3) is 3.30. The summed E-state index contributed by atoms with van der Waals surface area (Å²) in [6.45, 7) is 5.75. The number of esters is 1. The molecule has 6 nitrogen and oxygen atoms in total. The maximum absolute atomic E-state index is 13.3. The molecule has 4 aliphatic carbocycles. The minimum atomic E-state index is -1.57. The van der Waals surface area contributed by atoms with Gasteiger partial charge in [0.1, 0.15) is 0 Å². The number of hydrogen-bond acceptors (Lipinski definition) is 6. The summed E-state index contributed by atoms with van der Waals surface area (Å²) in [5, 5.41) is -0.566. The van der Waals surface area contributed by atoms with Gasteiger partial charge in [-0.2, -0.15) is 0 Å². The van der Waals surface area contributed by atoms with E-state index in [1.54, 1.807) is 19.1 Å². The molecule has 0 N–H and O–H groups in total. The molecule has 0 amide bonds. The third-order valence-electron chi connectivity index (χ3n) is 8.75. The molecule has 7 atom stereocenters. The van der Waals surface area contributed by atoms with Crippen LogP contribution in [0.5, 0.6) is 0 Å². The number of halogens is 3. The molecule has 0 aromatic heterocycles. The van der Waals surface area contributed by atoms with Crippen LogP contribution in [0.1, 0.15) is 52.9 Å². The lowest BCUT2D eigenvalue weighted by Gasteiger charge is -2.63. The molecule has 0 heterocycles. The maximum Gasteiger partial charge on any atom is 0.509 e. The Kier molecular flexibility index (Phi) is 6.37. The van der Waals surface area contributed by atoms with Gasteiger partial charge in [0.2, 0.25) is 5.60 Å². The second kappa shape index (κ2) is 8.46. The first-order chi connectivity index (χ1) is 15.5. The molecule has 2 unspecified atom stereocenters. The lowest BCUT2D eigenvalue weighted by Crippen LogP contribution is -2.68. The van der Waals surface area contributed by atoms with E-state index in [-0.39, 0.29) is 36.7 Å². The van der Waals surface area contributed by atoms with E-state index >= 15 is 0 Å². The van der Waals surface area contributed by atoms with Crippen molar-refractivity contribution in [2.75, 3.05) is 12.7 Å². The molecule has 0 spiro atoms. The summed E-state index contributed by atoms with van der Waals surface area (Å²) in [5.74, 6) is -0.865. The fraction of sp³-hybridized carbons (Fsp3) is 0.708. The highest BCUT2D eigenvalue weighted by molar-refractivity contribution is 6.34.